The normalized spacial score (nSPS) is 17.5. The van der Waals surface area contributed by atoms with Crippen LogP contribution in [0.1, 0.15) is 34.9 Å². The summed E-state index contributed by atoms with van der Waals surface area (Å²) in [4.78, 5) is 12.3. The zero-order valence-electron chi connectivity index (χ0n) is 11.3. The number of nitrogens with zero attached hydrogens (tertiary/aromatic N) is 1. The number of nitro groups is 1. The third-order valence-corrected chi connectivity index (χ3v) is 5.32. The van der Waals surface area contributed by atoms with E-state index in [2.05, 4.69) is 32.7 Å². The number of aryl methyl sites for hydroxylation is 1. The highest BCUT2D eigenvalue weighted by Gasteiger charge is 2.22. The van der Waals surface area contributed by atoms with Crippen molar-refractivity contribution in [3.8, 4) is 0 Å². The second-order valence-electron chi connectivity index (χ2n) is 5.15. The second kappa shape index (κ2) is 6.25. The second-order valence-corrected chi connectivity index (χ2v) is 7.07. The molecule has 3 rings (SSSR count). The minimum absolute atomic E-state index is 0.165. The first-order valence-electron chi connectivity index (χ1n) is 6.87. The molecule has 1 heterocycles. The van der Waals surface area contributed by atoms with Crippen molar-refractivity contribution in [3.63, 3.8) is 0 Å². The maximum atomic E-state index is 11.1. The lowest BCUT2D eigenvalue weighted by atomic mass is 9.94. The summed E-state index contributed by atoms with van der Waals surface area (Å²) in [6.45, 7) is 0.517. The van der Waals surface area contributed by atoms with Crippen LogP contribution in [0, 0.1) is 10.1 Å². The molecular formula is C15H15BrN2O2S. The quantitative estimate of drug-likeness (QED) is 0.635. The smallest absolute Gasteiger partial charge is 0.275 e. The summed E-state index contributed by atoms with van der Waals surface area (Å²) in [6.07, 6.45) is 3.42. The van der Waals surface area contributed by atoms with Crippen molar-refractivity contribution in [1.82, 2.24) is 5.32 Å². The van der Waals surface area contributed by atoms with Gasteiger partial charge in [0.05, 0.1) is 4.92 Å². The molecule has 1 atom stereocenters. The summed E-state index contributed by atoms with van der Waals surface area (Å²) in [6, 6.07) is 7.71. The topological polar surface area (TPSA) is 55.2 Å². The Hall–Kier alpha value is -1.24. The summed E-state index contributed by atoms with van der Waals surface area (Å²) in [5.74, 6) is 0. The van der Waals surface area contributed by atoms with Crippen molar-refractivity contribution in [2.45, 2.75) is 31.8 Å². The maximum Gasteiger partial charge on any atom is 0.275 e. The molecule has 1 N–H and O–H groups in total. The predicted octanol–water partition coefficient (Wildman–Crippen LogP) is 4.59. The van der Waals surface area contributed by atoms with Gasteiger partial charge in [-0.3, -0.25) is 10.1 Å². The van der Waals surface area contributed by atoms with Gasteiger partial charge < -0.3 is 5.32 Å². The molecule has 0 aliphatic heterocycles. The molecule has 6 heteroatoms. The molecule has 2 aromatic rings. The molecule has 0 amide bonds. The van der Waals surface area contributed by atoms with Crippen LogP contribution in [0.4, 0.5) is 5.69 Å². The zero-order valence-corrected chi connectivity index (χ0v) is 13.7. The number of nitrogens with one attached hydrogen (secondary N) is 1. The third-order valence-electron chi connectivity index (χ3n) is 3.83. The average Bonchev–Trinajstić information content (AvgIpc) is 2.94. The van der Waals surface area contributed by atoms with Crippen LogP contribution in [-0.4, -0.2) is 4.92 Å². The van der Waals surface area contributed by atoms with Crippen molar-refractivity contribution in [3.05, 3.63) is 60.2 Å². The van der Waals surface area contributed by atoms with E-state index in [1.807, 2.05) is 12.1 Å². The Kier molecular flexibility index (Phi) is 4.37. The van der Waals surface area contributed by atoms with Crippen LogP contribution in [0.3, 0.4) is 0 Å². The van der Waals surface area contributed by atoms with E-state index >= 15 is 0 Å². The van der Waals surface area contributed by atoms with Crippen LogP contribution in [0.2, 0.25) is 0 Å². The number of nitro benzene ring substituents is 1. The van der Waals surface area contributed by atoms with E-state index < -0.39 is 0 Å². The molecular weight excluding hydrogens is 352 g/mol. The van der Waals surface area contributed by atoms with Crippen LogP contribution < -0.4 is 5.32 Å². The van der Waals surface area contributed by atoms with Gasteiger partial charge in [0, 0.05) is 33.6 Å². The van der Waals surface area contributed by atoms with Gasteiger partial charge in [-0.2, -0.15) is 0 Å². The van der Waals surface area contributed by atoms with E-state index in [4.69, 9.17) is 0 Å². The minimum atomic E-state index is -0.321. The highest BCUT2D eigenvalue weighted by Crippen LogP contribution is 2.34. The van der Waals surface area contributed by atoms with Crippen molar-refractivity contribution in [2.75, 3.05) is 0 Å². The number of hydrogen-bond donors (Lipinski definition) is 1. The molecule has 1 aromatic carbocycles. The lowest BCUT2D eigenvalue weighted by Crippen LogP contribution is -2.24. The summed E-state index contributed by atoms with van der Waals surface area (Å²) in [5.41, 5.74) is 2.26. The fourth-order valence-electron chi connectivity index (χ4n) is 2.79. The van der Waals surface area contributed by atoms with E-state index in [1.165, 1.54) is 16.9 Å². The molecule has 110 valence electrons. The minimum Gasteiger partial charge on any atom is -0.306 e. The van der Waals surface area contributed by atoms with Crippen LogP contribution in [-0.2, 0) is 13.0 Å². The molecule has 4 nitrogen and oxygen atoms in total. The number of benzene rings is 1. The van der Waals surface area contributed by atoms with Gasteiger partial charge in [0.25, 0.3) is 5.69 Å². The van der Waals surface area contributed by atoms with Gasteiger partial charge in [0.1, 0.15) is 0 Å². The third kappa shape index (κ3) is 3.17. The molecule has 21 heavy (non-hydrogen) atoms. The first-order chi connectivity index (χ1) is 10.1. The molecule has 0 spiro atoms. The molecule has 0 radical (unpaired) electrons. The van der Waals surface area contributed by atoms with Gasteiger partial charge in [-0.05, 0) is 48.4 Å². The summed E-state index contributed by atoms with van der Waals surface area (Å²) in [7, 11) is 0. The molecule has 0 saturated heterocycles. The van der Waals surface area contributed by atoms with Crippen LogP contribution in [0.25, 0.3) is 0 Å². The molecule has 0 fully saturated rings. The monoisotopic (exact) mass is 366 g/mol. The standard InChI is InChI=1S/C15H15BrN2O2S/c16-11-5-4-10(14(8-11)18(19)20)9-17-13-2-1-3-15-12(13)6-7-21-15/h4-8,13,17H,1-3,9H2. The molecule has 0 bridgehead atoms. The van der Waals surface area contributed by atoms with Gasteiger partial charge in [-0.1, -0.05) is 15.9 Å². The van der Waals surface area contributed by atoms with E-state index in [-0.39, 0.29) is 10.6 Å². The summed E-state index contributed by atoms with van der Waals surface area (Å²) in [5, 5.41) is 16.8. The lowest BCUT2D eigenvalue weighted by Gasteiger charge is -2.23. The fourth-order valence-corrected chi connectivity index (χ4v) is 4.12. The Labute approximate surface area is 135 Å². The number of hydrogen-bond acceptors (Lipinski definition) is 4. The fraction of sp³-hybridized carbons (Fsp3) is 0.333. The van der Waals surface area contributed by atoms with Gasteiger partial charge >= 0.3 is 0 Å². The van der Waals surface area contributed by atoms with Crippen molar-refractivity contribution in [2.24, 2.45) is 0 Å². The Bertz CT molecular complexity index is 671. The highest BCUT2D eigenvalue weighted by atomic mass is 79.9. The van der Waals surface area contributed by atoms with Gasteiger partial charge in [0.2, 0.25) is 0 Å². The number of rotatable bonds is 4. The molecule has 0 saturated carbocycles. The van der Waals surface area contributed by atoms with Gasteiger partial charge in [-0.15, -0.1) is 11.3 Å². The van der Waals surface area contributed by atoms with E-state index in [9.17, 15) is 10.1 Å². The first kappa shape index (κ1) is 14.7. The van der Waals surface area contributed by atoms with Gasteiger partial charge in [0.15, 0.2) is 0 Å². The van der Waals surface area contributed by atoms with Crippen molar-refractivity contribution < 1.29 is 4.92 Å². The van der Waals surface area contributed by atoms with Crippen molar-refractivity contribution in [1.29, 1.82) is 0 Å². The Morgan fingerprint density at radius 3 is 3.10 bits per heavy atom. The van der Waals surface area contributed by atoms with Crippen LogP contribution in [0.5, 0.6) is 0 Å². The zero-order chi connectivity index (χ0) is 14.8. The Balaban J connectivity index is 1.76. The van der Waals surface area contributed by atoms with Crippen molar-refractivity contribution >= 4 is 33.0 Å². The molecule has 1 aliphatic carbocycles. The maximum absolute atomic E-state index is 11.1. The number of thiophene rings is 1. The van der Waals surface area contributed by atoms with E-state index in [0.29, 0.717) is 12.6 Å². The number of halogens is 1. The lowest BCUT2D eigenvalue weighted by molar-refractivity contribution is -0.385. The Morgan fingerprint density at radius 2 is 2.29 bits per heavy atom. The largest absolute Gasteiger partial charge is 0.306 e. The highest BCUT2D eigenvalue weighted by molar-refractivity contribution is 9.10. The molecule has 1 aliphatic rings. The number of fused-ring (bicyclic) bond motifs is 1. The van der Waals surface area contributed by atoms with E-state index in [1.54, 1.807) is 17.4 Å². The average molecular weight is 367 g/mol. The van der Waals surface area contributed by atoms with Crippen LogP contribution >= 0.6 is 27.3 Å². The van der Waals surface area contributed by atoms with Crippen LogP contribution in [0.15, 0.2) is 34.1 Å². The molecule has 1 unspecified atom stereocenters. The summed E-state index contributed by atoms with van der Waals surface area (Å²) >= 11 is 5.09. The van der Waals surface area contributed by atoms with E-state index in [0.717, 1.165) is 22.9 Å². The molecule has 1 aromatic heterocycles. The SMILES string of the molecule is O=[N+]([O-])c1cc(Br)ccc1CNC1CCCc2sccc21. The predicted molar refractivity (Wildman–Crippen MR) is 87.6 cm³/mol. The van der Waals surface area contributed by atoms with Gasteiger partial charge in [-0.25, -0.2) is 0 Å². The first-order valence-corrected chi connectivity index (χ1v) is 8.55. The summed E-state index contributed by atoms with van der Waals surface area (Å²) < 4.78 is 0.732. The Morgan fingerprint density at radius 1 is 1.43 bits per heavy atom.